The van der Waals surface area contributed by atoms with Gasteiger partial charge < -0.3 is 14.2 Å². The van der Waals surface area contributed by atoms with Crippen molar-refractivity contribution in [2.45, 2.75) is 30.5 Å². The van der Waals surface area contributed by atoms with Crippen molar-refractivity contribution in [3.8, 4) is 0 Å². The third-order valence-corrected chi connectivity index (χ3v) is 8.61. The summed E-state index contributed by atoms with van der Waals surface area (Å²) >= 11 is 0. The van der Waals surface area contributed by atoms with E-state index in [0.29, 0.717) is 35.1 Å². The zero-order valence-corrected chi connectivity index (χ0v) is 16.5. The quantitative estimate of drug-likeness (QED) is 0.743. The molecule has 2 bridgehead atoms. The minimum atomic E-state index is -0.314. The van der Waals surface area contributed by atoms with Crippen LogP contribution in [0.25, 0.3) is 0 Å². The smallest absolute Gasteiger partial charge is 0.343 e. The van der Waals surface area contributed by atoms with Gasteiger partial charge in [-0.2, -0.15) is 0 Å². The third-order valence-electron chi connectivity index (χ3n) is 8.61. The Labute approximate surface area is 169 Å². The lowest BCUT2D eigenvalue weighted by atomic mass is 9.30. The number of ether oxygens (including phenoxy) is 3. The summed E-state index contributed by atoms with van der Waals surface area (Å²) in [7, 11) is 3.93. The van der Waals surface area contributed by atoms with Gasteiger partial charge >= 0.3 is 5.97 Å². The molecule has 0 radical (unpaired) electrons. The average Bonchev–Trinajstić information content (AvgIpc) is 3.11. The van der Waals surface area contributed by atoms with Gasteiger partial charge in [-0.15, -0.1) is 0 Å². The number of likely N-dealkylation sites (tertiary alicyclic amines) is 1. The van der Waals surface area contributed by atoms with E-state index < -0.39 is 0 Å². The molecule has 5 heteroatoms. The summed E-state index contributed by atoms with van der Waals surface area (Å²) in [6, 6.07) is 9.77. The molecule has 7 aliphatic rings. The molecule has 148 valence electrons. The Kier molecular flexibility index (Phi) is 2.78. The molecule has 8 rings (SSSR count). The molecular formula is C24H23NO4. The van der Waals surface area contributed by atoms with E-state index in [9.17, 15) is 4.79 Å². The van der Waals surface area contributed by atoms with Crippen LogP contribution in [-0.4, -0.2) is 42.7 Å². The van der Waals surface area contributed by atoms with Crippen LogP contribution in [0.2, 0.25) is 0 Å². The Bertz CT molecular complexity index is 1040. The average molecular weight is 389 g/mol. The lowest BCUT2D eigenvalue weighted by Crippen LogP contribution is -2.89. The zero-order chi connectivity index (χ0) is 19.5. The highest BCUT2D eigenvalue weighted by Crippen LogP contribution is 2.81. The summed E-state index contributed by atoms with van der Waals surface area (Å²) in [5.41, 5.74) is 0.603. The number of esters is 1. The van der Waals surface area contributed by atoms with Gasteiger partial charge in [-0.3, -0.25) is 4.90 Å². The molecule has 0 amide bonds. The lowest BCUT2D eigenvalue weighted by Gasteiger charge is -2.82. The fourth-order valence-electron chi connectivity index (χ4n) is 7.68. The monoisotopic (exact) mass is 389 g/mol. The number of nitrogens with zero attached hydrogens (tertiary/aromatic N) is 1. The van der Waals surface area contributed by atoms with Crippen molar-refractivity contribution in [1.82, 2.24) is 4.90 Å². The Balaban J connectivity index is 1.34. The Hall–Kier alpha value is -2.53. The van der Waals surface area contributed by atoms with E-state index in [1.165, 1.54) is 0 Å². The first-order valence-corrected chi connectivity index (χ1v) is 10.5. The number of hydrogen-bond donors (Lipinski definition) is 0. The predicted molar refractivity (Wildman–Crippen MR) is 104 cm³/mol. The standard InChI is InChI=1S/C24H23NO4/c1-25-15-10-14-8-9-16(27-2)19-18(14)24-12-23(25,20(15)24)11-17(21(24)29-19)28-22(26)13-6-4-3-5-7-13/h3-9,11,14-15,18,20-21H,10,12H2,1-2H3/t14?,15-,18?,20-,21+,23?,24?/m1/s1. The summed E-state index contributed by atoms with van der Waals surface area (Å²) in [5, 5.41) is 0. The summed E-state index contributed by atoms with van der Waals surface area (Å²) in [6.07, 6.45) is 8.60. The van der Waals surface area contributed by atoms with Gasteiger partial charge in [-0.25, -0.2) is 4.79 Å². The van der Waals surface area contributed by atoms with Crippen LogP contribution in [0.4, 0.5) is 0 Å². The molecule has 2 spiro atoms. The van der Waals surface area contributed by atoms with Gasteiger partial charge in [0, 0.05) is 28.8 Å². The Morgan fingerprint density at radius 3 is 2.90 bits per heavy atom. The van der Waals surface area contributed by atoms with Crippen molar-refractivity contribution in [1.29, 1.82) is 0 Å². The zero-order valence-electron chi connectivity index (χ0n) is 16.5. The first-order chi connectivity index (χ1) is 14.1. The first-order valence-electron chi connectivity index (χ1n) is 10.5. The molecule has 0 N–H and O–H groups in total. The third kappa shape index (κ3) is 1.61. The van der Waals surface area contributed by atoms with Crippen molar-refractivity contribution in [2.24, 2.45) is 23.2 Å². The minimum absolute atomic E-state index is 0.0189. The van der Waals surface area contributed by atoms with E-state index in [0.717, 1.165) is 24.4 Å². The summed E-state index contributed by atoms with van der Waals surface area (Å²) in [5.74, 6) is 3.53. The molecular weight excluding hydrogens is 366 g/mol. The van der Waals surface area contributed by atoms with E-state index in [4.69, 9.17) is 14.2 Å². The van der Waals surface area contributed by atoms with Crippen LogP contribution < -0.4 is 0 Å². The molecule has 0 aromatic heterocycles. The normalized spacial score (nSPS) is 44.8. The van der Waals surface area contributed by atoms with Crippen LogP contribution in [0.5, 0.6) is 0 Å². The number of hydrogen-bond acceptors (Lipinski definition) is 5. The van der Waals surface area contributed by atoms with E-state index in [2.05, 4.69) is 30.2 Å². The summed E-state index contributed by atoms with van der Waals surface area (Å²) in [4.78, 5) is 15.3. The number of rotatable bonds is 3. The number of carbonyl (C=O) groups excluding carboxylic acids is 1. The molecule has 29 heavy (non-hydrogen) atoms. The van der Waals surface area contributed by atoms with Crippen molar-refractivity contribution in [2.75, 3.05) is 14.2 Å². The van der Waals surface area contributed by atoms with Gasteiger partial charge in [0.25, 0.3) is 0 Å². The highest BCUT2D eigenvalue weighted by molar-refractivity contribution is 5.90. The van der Waals surface area contributed by atoms with Gasteiger partial charge in [0.2, 0.25) is 0 Å². The molecule has 2 aliphatic heterocycles. The maximum atomic E-state index is 12.8. The fraction of sp³-hybridized carbons (Fsp3) is 0.458. The van der Waals surface area contributed by atoms with Crippen LogP contribution in [0.15, 0.2) is 65.8 Å². The Morgan fingerprint density at radius 2 is 2.10 bits per heavy atom. The highest BCUT2D eigenvalue weighted by atomic mass is 16.6. The van der Waals surface area contributed by atoms with Gasteiger partial charge in [0.05, 0.1) is 12.7 Å². The molecule has 1 aromatic rings. The minimum Gasteiger partial charge on any atom is -0.493 e. The molecule has 2 saturated heterocycles. The van der Waals surface area contributed by atoms with Crippen molar-refractivity contribution in [3.05, 3.63) is 71.4 Å². The topological polar surface area (TPSA) is 48.0 Å². The maximum Gasteiger partial charge on any atom is 0.343 e. The molecule has 1 aromatic carbocycles. The number of benzene rings is 1. The Morgan fingerprint density at radius 1 is 1.28 bits per heavy atom. The number of piperidine rings is 1. The van der Waals surface area contributed by atoms with Crippen molar-refractivity contribution >= 4 is 5.97 Å². The predicted octanol–water partition coefficient (Wildman–Crippen LogP) is 3.26. The maximum absolute atomic E-state index is 12.8. The van der Waals surface area contributed by atoms with E-state index in [1.54, 1.807) is 19.2 Å². The van der Waals surface area contributed by atoms with Gasteiger partial charge in [0.15, 0.2) is 11.9 Å². The van der Waals surface area contributed by atoms with Gasteiger partial charge in [-0.1, -0.05) is 24.3 Å². The van der Waals surface area contributed by atoms with Crippen molar-refractivity contribution in [3.63, 3.8) is 0 Å². The number of carbonyl (C=O) groups is 1. The van der Waals surface area contributed by atoms with Crippen LogP contribution in [0, 0.1) is 23.2 Å². The fourth-order valence-corrected chi connectivity index (χ4v) is 7.68. The summed E-state index contributed by atoms with van der Waals surface area (Å²) < 4.78 is 18.2. The molecule has 5 nitrogen and oxygen atoms in total. The number of methoxy groups -OCH3 is 1. The van der Waals surface area contributed by atoms with Crippen LogP contribution in [0.3, 0.4) is 0 Å². The second-order valence-corrected chi connectivity index (χ2v) is 9.41. The highest BCUT2D eigenvalue weighted by Gasteiger charge is 2.86. The van der Waals surface area contributed by atoms with E-state index in [1.807, 2.05) is 18.2 Å². The number of allylic oxidation sites excluding steroid dienone is 3. The van der Waals surface area contributed by atoms with E-state index in [-0.39, 0.29) is 23.0 Å². The molecule has 4 unspecified atom stereocenters. The number of likely N-dealkylation sites (N-methyl/N-ethyl adjacent to an activating group) is 1. The molecule has 5 aliphatic carbocycles. The SMILES string of the molecule is COC1=C2O[C@H]3C(OC(=O)c4ccccc4)=CC45CC36C2C(C=C1)C[C@H]([C@@H]64)N5C. The lowest BCUT2D eigenvalue weighted by molar-refractivity contribution is -0.311. The van der Waals surface area contributed by atoms with E-state index >= 15 is 0 Å². The van der Waals surface area contributed by atoms with Gasteiger partial charge in [-0.05, 0) is 50.1 Å². The molecule has 2 heterocycles. The second-order valence-electron chi connectivity index (χ2n) is 9.41. The molecule has 7 atom stereocenters. The van der Waals surface area contributed by atoms with Gasteiger partial charge in [0.1, 0.15) is 11.5 Å². The van der Waals surface area contributed by atoms with Crippen LogP contribution >= 0.6 is 0 Å². The first kappa shape index (κ1) is 16.3. The molecule has 4 fully saturated rings. The second kappa shape index (κ2) is 4.96. The molecule has 2 saturated carbocycles. The van der Waals surface area contributed by atoms with Crippen molar-refractivity contribution < 1.29 is 19.0 Å². The van der Waals surface area contributed by atoms with Crippen LogP contribution in [-0.2, 0) is 14.2 Å². The summed E-state index contributed by atoms with van der Waals surface area (Å²) in [6.45, 7) is 0. The van der Waals surface area contributed by atoms with Crippen LogP contribution in [0.1, 0.15) is 23.2 Å². The largest absolute Gasteiger partial charge is 0.493 e.